The summed E-state index contributed by atoms with van der Waals surface area (Å²) in [4.78, 5) is 24.0. The SMILES string of the molecule is CCCC[N+]1(C)CCCC1.O=C1c2ccccc2C(=O)c2cc(S(=O)(=O)[O-])ccc21. The molecule has 4 rings (SSSR count). The summed E-state index contributed by atoms with van der Waals surface area (Å²) >= 11 is 0. The number of fused-ring (bicyclic) bond motifs is 2. The second kappa shape index (κ2) is 8.79. The van der Waals surface area contributed by atoms with E-state index in [9.17, 15) is 22.6 Å². The Morgan fingerprint density at radius 3 is 1.97 bits per heavy atom. The number of hydrogen-bond acceptors (Lipinski definition) is 5. The van der Waals surface area contributed by atoms with Crippen LogP contribution in [0.2, 0.25) is 0 Å². The number of rotatable bonds is 4. The summed E-state index contributed by atoms with van der Waals surface area (Å²) in [6.07, 6.45) is 5.69. The van der Waals surface area contributed by atoms with Gasteiger partial charge in [-0.2, -0.15) is 0 Å². The standard InChI is InChI=1S/C14H8O5S.C9H20N/c15-13-9-3-1-2-4-10(9)14(16)12-7-8(20(17,18)19)5-6-11(12)13;1-3-4-7-10(2)8-5-6-9-10/h1-7H,(H,17,18,19);3-9H2,1-2H3/q;+1/p-1. The Labute approximate surface area is 177 Å². The first-order chi connectivity index (χ1) is 14.2. The number of nitrogens with zero attached hydrogens (tertiary/aromatic N) is 1. The summed E-state index contributed by atoms with van der Waals surface area (Å²) < 4.78 is 34.4. The van der Waals surface area contributed by atoms with Crippen molar-refractivity contribution in [2.75, 3.05) is 26.7 Å². The molecule has 0 saturated carbocycles. The van der Waals surface area contributed by atoms with Crippen molar-refractivity contribution < 1.29 is 27.0 Å². The fraction of sp³-hybridized carbons (Fsp3) is 0.391. The lowest BCUT2D eigenvalue weighted by atomic mass is 9.84. The molecule has 1 aliphatic carbocycles. The zero-order valence-electron chi connectivity index (χ0n) is 17.4. The van der Waals surface area contributed by atoms with Gasteiger partial charge < -0.3 is 9.04 Å². The molecule has 0 aromatic heterocycles. The minimum Gasteiger partial charge on any atom is -0.744 e. The van der Waals surface area contributed by atoms with Gasteiger partial charge in [-0.05, 0) is 24.6 Å². The van der Waals surface area contributed by atoms with E-state index in [0.29, 0.717) is 0 Å². The van der Waals surface area contributed by atoms with Gasteiger partial charge in [0.2, 0.25) is 0 Å². The number of ketones is 2. The van der Waals surface area contributed by atoms with E-state index >= 15 is 0 Å². The summed E-state index contributed by atoms with van der Waals surface area (Å²) in [5, 5.41) is 0. The molecule has 6 nitrogen and oxygen atoms in total. The van der Waals surface area contributed by atoms with Crippen LogP contribution in [-0.4, -0.2) is 55.7 Å². The molecule has 30 heavy (non-hydrogen) atoms. The van der Waals surface area contributed by atoms with Crippen molar-refractivity contribution in [3.63, 3.8) is 0 Å². The third kappa shape index (κ3) is 4.69. The molecule has 2 aromatic carbocycles. The number of benzene rings is 2. The van der Waals surface area contributed by atoms with Crippen LogP contribution in [0, 0.1) is 0 Å². The Hall–Kier alpha value is -2.35. The minimum atomic E-state index is -4.67. The molecular weight excluding hydrogens is 402 g/mol. The van der Waals surface area contributed by atoms with Crippen LogP contribution in [0.3, 0.4) is 0 Å². The average molecular weight is 430 g/mol. The molecule has 0 bridgehead atoms. The van der Waals surface area contributed by atoms with Crippen molar-refractivity contribution in [3.8, 4) is 0 Å². The third-order valence-corrected chi connectivity index (χ3v) is 6.71. The lowest BCUT2D eigenvalue weighted by molar-refractivity contribution is -0.897. The van der Waals surface area contributed by atoms with Crippen molar-refractivity contribution in [2.24, 2.45) is 0 Å². The Kier molecular flexibility index (Phi) is 6.55. The number of carbonyl (C=O) groups is 2. The molecular formula is C23H27NO5S. The summed E-state index contributed by atoms with van der Waals surface area (Å²) in [5.41, 5.74) is 0.555. The maximum atomic E-state index is 12.3. The highest BCUT2D eigenvalue weighted by Crippen LogP contribution is 2.28. The van der Waals surface area contributed by atoms with Gasteiger partial charge in [-0.1, -0.05) is 37.6 Å². The van der Waals surface area contributed by atoms with Crippen LogP contribution in [0.25, 0.3) is 0 Å². The van der Waals surface area contributed by atoms with Crippen LogP contribution in [0.5, 0.6) is 0 Å². The molecule has 1 fully saturated rings. The maximum absolute atomic E-state index is 12.3. The van der Waals surface area contributed by atoms with Crippen LogP contribution in [0.1, 0.15) is 64.4 Å². The lowest BCUT2D eigenvalue weighted by Gasteiger charge is -2.28. The zero-order chi connectivity index (χ0) is 21.9. The third-order valence-electron chi connectivity index (χ3n) is 5.88. The maximum Gasteiger partial charge on any atom is 0.194 e. The minimum absolute atomic E-state index is 0.0503. The summed E-state index contributed by atoms with van der Waals surface area (Å²) in [5.74, 6) is -0.814. The lowest BCUT2D eigenvalue weighted by Crippen LogP contribution is -2.41. The van der Waals surface area contributed by atoms with Crippen molar-refractivity contribution in [1.29, 1.82) is 0 Å². The molecule has 160 valence electrons. The Bertz CT molecular complexity index is 1070. The molecule has 2 aromatic rings. The van der Waals surface area contributed by atoms with Gasteiger partial charge in [-0.25, -0.2) is 8.42 Å². The van der Waals surface area contributed by atoms with Crippen LogP contribution in [0.4, 0.5) is 0 Å². The molecule has 2 aliphatic rings. The number of quaternary nitrogens is 1. The molecule has 1 aliphatic heterocycles. The normalized spacial score (nSPS) is 17.0. The molecule has 0 amide bonds. The topological polar surface area (TPSA) is 91.3 Å². The van der Waals surface area contributed by atoms with Gasteiger partial charge in [0, 0.05) is 35.1 Å². The first-order valence-corrected chi connectivity index (χ1v) is 11.7. The predicted molar refractivity (Wildman–Crippen MR) is 113 cm³/mol. The van der Waals surface area contributed by atoms with Crippen LogP contribution >= 0.6 is 0 Å². The van der Waals surface area contributed by atoms with Crippen LogP contribution in [0.15, 0.2) is 47.4 Å². The smallest absolute Gasteiger partial charge is 0.194 e. The van der Waals surface area contributed by atoms with Crippen LogP contribution < -0.4 is 0 Å². The number of unbranched alkanes of at least 4 members (excludes halogenated alkanes) is 1. The van der Waals surface area contributed by atoms with Crippen molar-refractivity contribution in [3.05, 3.63) is 64.7 Å². The predicted octanol–water partition coefficient (Wildman–Crippen LogP) is 3.39. The Balaban J connectivity index is 0.000000216. The van der Waals surface area contributed by atoms with E-state index in [4.69, 9.17) is 0 Å². The molecule has 0 N–H and O–H groups in total. The quantitative estimate of drug-likeness (QED) is 0.468. The molecule has 0 radical (unpaired) electrons. The summed E-state index contributed by atoms with van der Waals surface area (Å²) in [7, 11) is -2.26. The zero-order valence-corrected chi connectivity index (χ0v) is 18.2. The van der Waals surface area contributed by atoms with Crippen molar-refractivity contribution >= 4 is 21.7 Å². The monoisotopic (exact) mass is 429 g/mol. The van der Waals surface area contributed by atoms with E-state index in [-0.39, 0.29) is 28.0 Å². The molecule has 0 atom stereocenters. The van der Waals surface area contributed by atoms with E-state index in [1.165, 1.54) is 68.0 Å². The highest BCUT2D eigenvalue weighted by molar-refractivity contribution is 7.85. The van der Waals surface area contributed by atoms with E-state index in [1.54, 1.807) is 12.1 Å². The molecule has 1 heterocycles. The first-order valence-electron chi connectivity index (χ1n) is 10.3. The van der Waals surface area contributed by atoms with Gasteiger partial charge in [0.25, 0.3) is 0 Å². The Morgan fingerprint density at radius 1 is 0.900 bits per heavy atom. The number of hydrogen-bond donors (Lipinski definition) is 0. The molecule has 0 unspecified atom stereocenters. The largest absolute Gasteiger partial charge is 0.744 e. The number of likely N-dealkylation sites (tertiary alicyclic amines) is 1. The van der Waals surface area contributed by atoms with E-state index < -0.39 is 20.8 Å². The first kappa shape index (κ1) is 22.3. The van der Waals surface area contributed by atoms with Gasteiger partial charge in [-0.3, -0.25) is 9.59 Å². The molecule has 0 spiro atoms. The van der Waals surface area contributed by atoms with Crippen molar-refractivity contribution in [1.82, 2.24) is 0 Å². The number of carbonyl (C=O) groups excluding carboxylic acids is 2. The van der Waals surface area contributed by atoms with Gasteiger partial charge in [0.05, 0.1) is 31.6 Å². The molecule has 7 heteroatoms. The van der Waals surface area contributed by atoms with Gasteiger partial charge in [-0.15, -0.1) is 0 Å². The van der Waals surface area contributed by atoms with E-state index in [0.717, 1.165) is 12.1 Å². The summed E-state index contributed by atoms with van der Waals surface area (Å²) in [6, 6.07) is 9.51. The van der Waals surface area contributed by atoms with E-state index in [2.05, 4.69) is 14.0 Å². The van der Waals surface area contributed by atoms with E-state index in [1.807, 2.05) is 0 Å². The second-order valence-electron chi connectivity index (χ2n) is 8.22. The van der Waals surface area contributed by atoms with Crippen molar-refractivity contribution in [2.45, 2.75) is 37.5 Å². The van der Waals surface area contributed by atoms with Gasteiger partial charge in [0.15, 0.2) is 11.6 Å². The second-order valence-corrected chi connectivity index (χ2v) is 9.60. The van der Waals surface area contributed by atoms with Gasteiger partial charge >= 0.3 is 0 Å². The fourth-order valence-electron chi connectivity index (χ4n) is 4.10. The van der Waals surface area contributed by atoms with Gasteiger partial charge in [0.1, 0.15) is 10.1 Å². The Morgan fingerprint density at radius 2 is 1.43 bits per heavy atom. The summed E-state index contributed by atoms with van der Waals surface area (Å²) in [6.45, 7) is 6.55. The fourth-order valence-corrected chi connectivity index (χ4v) is 4.59. The highest BCUT2D eigenvalue weighted by atomic mass is 32.2. The molecule has 1 saturated heterocycles. The van der Waals surface area contributed by atoms with Crippen LogP contribution in [-0.2, 0) is 10.1 Å². The average Bonchev–Trinajstić information content (AvgIpc) is 3.16. The highest BCUT2D eigenvalue weighted by Gasteiger charge is 2.29.